The van der Waals surface area contributed by atoms with Gasteiger partial charge in [0.1, 0.15) is 6.20 Å². The van der Waals surface area contributed by atoms with Crippen LogP contribution >= 0.6 is 0 Å². The number of Topliss-reactive ketones (excluding diaryl/α,β-unsaturated/α-hetero) is 1. The van der Waals surface area contributed by atoms with E-state index in [4.69, 9.17) is 4.74 Å². The molecule has 0 spiro atoms. The van der Waals surface area contributed by atoms with Crippen LogP contribution in [0.3, 0.4) is 0 Å². The maximum atomic E-state index is 13.5. The predicted molar refractivity (Wildman–Crippen MR) is 66.2 cm³/mol. The molecule has 0 saturated heterocycles. The van der Waals surface area contributed by atoms with Gasteiger partial charge in [0.05, 0.1) is 13.7 Å². The fourth-order valence-electron chi connectivity index (χ4n) is 1.63. The van der Waals surface area contributed by atoms with E-state index in [1.807, 2.05) is 0 Å². The van der Waals surface area contributed by atoms with Crippen LogP contribution in [-0.4, -0.2) is 27.4 Å². The number of nitro groups is 1. The second kappa shape index (κ2) is 5.47. The number of carbonyl (C=O) groups excluding carboxylic acids is 1. The Hall–Kier alpha value is -2.77. The standard InChI is InChI=1S/C12H10FN3O4/c1-20-11-3-2-8(4-9(11)13)10(17)5-15-6-12(14-7-15)16(18)19/h2-4,6-7H,5H2,1H3. The average Bonchev–Trinajstić information content (AvgIpc) is 2.87. The summed E-state index contributed by atoms with van der Waals surface area (Å²) in [6.45, 7) is -0.160. The quantitative estimate of drug-likeness (QED) is 0.473. The number of hydrogen-bond acceptors (Lipinski definition) is 5. The SMILES string of the molecule is COc1ccc(C(=O)Cn2cnc([N+](=O)[O-])c2)cc1F. The first-order valence-electron chi connectivity index (χ1n) is 5.54. The van der Waals surface area contributed by atoms with E-state index >= 15 is 0 Å². The van der Waals surface area contributed by atoms with E-state index in [0.29, 0.717) is 0 Å². The van der Waals surface area contributed by atoms with Gasteiger partial charge in [0, 0.05) is 5.56 Å². The minimum Gasteiger partial charge on any atom is -0.494 e. The van der Waals surface area contributed by atoms with E-state index in [1.54, 1.807) is 0 Å². The molecule has 8 heteroatoms. The molecule has 0 aliphatic carbocycles. The Morgan fingerprint density at radius 2 is 2.30 bits per heavy atom. The van der Waals surface area contributed by atoms with Gasteiger partial charge in [-0.2, -0.15) is 0 Å². The van der Waals surface area contributed by atoms with Crippen LogP contribution in [0.15, 0.2) is 30.7 Å². The molecule has 0 radical (unpaired) electrons. The minimum absolute atomic E-state index is 0.0415. The predicted octanol–water partition coefficient (Wildman–Crippen LogP) is 1.82. The van der Waals surface area contributed by atoms with Gasteiger partial charge in [0.25, 0.3) is 0 Å². The van der Waals surface area contributed by atoms with Crippen molar-refractivity contribution in [1.82, 2.24) is 9.55 Å². The fraction of sp³-hybridized carbons (Fsp3) is 0.167. The van der Waals surface area contributed by atoms with Crippen LogP contribution in [0.25, 0.3) is 0 Å². The number of ether oxygens (including phenoxy) is 1. The zero-order chi connectivity index (χ0) is 14.7. The number of methoxy groups -OCH3 is 1. The third kappa shape index (κ3) is 2.79. The molecule has 1 aromatic carbocycles. The lowest BCUT2D eigenvalue weighted by Gasteiger charge is -2.04. The van der Waals surface area contributed by atoms with E-state index in [1.165, 1.54) is 30.1 Å². The van der Waals surface area contributed by atoms with E-state index in [2.05, 4.69) is 4.98 Å². The Morgan fingerprint density at radius 3 is 2.85 bits per heavy atom. The topological polar surface area (TPSA) is 87.3 Å². The van der Waals surface area contributed by atoms with Gasteiger partial charge in [-0.05, 0) is 28.1 Å². The van der Waals surface area contributed by atoms with Crippen molar-refractivity contribution in [1.29, 1.82) is 0 Å². The number of benzene rings is 1. The molecule has 0 N–H and O–H groups in total. The summed E-state index contributed by atoms with van der Waals surface area (Å²) in [5.74, 6) is -1.34. The van der Waals surface area contributed by atoms with Crippen molar-refractivity contribution in [3.63, 3.8) is 0 Å². The summed E-state index contributed by atoms with van der Waals surface area (Å²) in [4.78, 5) is 25.3. The highest BCUT2D eigenvalue weighted by molar-refractivity contribution is 5.96. The second-order valence-corrected chi connectivity index (χ2v) is 3.93. The van der Waals surface area contributed by atoms with Crippen molar-refractivity contribution in [3.05, 3.63) is 52.2 Å². The molecule has 0 amide bonds. The third-order valence-electron chi connectivity index (χ3n) is 2.61. The lowest BCUT2D eigenvalue weighted by Crippen LogP contribution is -2.09. The summed E-state index contributed by atoms with van der Waals surface area (Å²) in [6, 6.07) is 3.83. The Labute approximate surface area is 112 Å². The highest BCUT2D eigenvalue weighted by Crippen LogP contribution is 2.18. The Kier molecular flexibility index (Phi) is 3.74. The molecule has 2 rings (SSSR count). The number of nitrogens with zero attached hydrogens (tertiary/aromatic N) is 3. The van der Waals surface area contributed by atoms with Gasteiger partial charge in [-0.25, -0.2) is 4.39 Å². The van der Waals surface area contributed by atoms with Crippen LogP contribution in [0.1, 0.15) is 10.4 Å². The molecule has 104 valence electrons. The molecule has 1 heterocycles. The zero-order valence-electron chi connectivity index (χ0n) is 10.4. The smallest absolute Gasteiger partial charge is 0.381 e. The van der Waals surface area contributed by atoms with Crippen molar-refractivity contribution in [3.8, 4) is 5.75 Å². The lowest BCUT2D eigenvalue weighted by molar-refractivity contribution is -0.389. The minimum atomic E-state index is -0.659. The average molecular weight is 279 g/mol. The number of hydrogen-bond donors (Lipinski definition) is 0. The van der Waals surface area contributed by atoms with E-state index in [-0.39, 0.29) is 29.5 Å². The first-order chi connectivity index (χ1) is 9.51. The number of imidazole rings is 1. The number of ketones is 1. The second-order valence-electron chi connectivity index (χ2n) is 3.93. The molecule has 2 aromatic rings. The van der Waals surface area contributed by atoms with E-state index < -0.39 is 10.7 Å². The molecule has 0 aliphatic rings. The maximum absolute atomic E-state index is 13.5. The van der Waals surface area contributed by atoms with Gasteiger partial charge < -0.3 is 19.4 Å². The van der Waals surface area contributed by atoms with E-state index in [0.717, 1.165) is 12.3 Å². The van der Waals surface area contributed by atoms with Crippen molar-refractivity contribution in [2.45, 2.75) is 6.54 Å². The molecule has 0 bridgehead atoms. The molecular weight excluding hydrogens is 269 g/mol. The van der Waals surface area contributed by atoms with Crippen LogP contribution in [-0.2, 0) is 6.54 Å². The van der Waals surface area contributed by atoms with Gasteiger partial charge in [0.2, 0.25) is 6.33 Å². The zero-order valence-corrected chi connectivity index (χ0v) is 10.4. The molecule has 0 unspecified atom stereocenters. The highest BCUT2D eigenvalue weighted by atomic mass is 19.1. The first-order valence-corrected chi connectivity index (χ1v) is 5.54. The van der Waals surface area contributed by atoms with Gasteiger partial charge in [-0.3, -0.25) is 4.79 Å². The van der Waals surface area contributed by atoms with Crippen LogP contribution in [0.2, 0.25) is 0 Å². The molecule has 1 aromatic heterocycles. The molecule has 0 atom stereocenters. The van der Waals surface area contributed by atoms with Crippen molar-refractivity contribution < 1.29 is 18.8 Å². The van der Waals surface area contributed by atoms with Crippen LogP contribution in [0, 0.1) is 15.9 Å². The van der Waals surface area contributed by atoms with Crippen molar-refractivity contribution >= 4 is 11.6 Å². The number of carbonyl (C=O) groups is 1. The molecule has 7 nitrogen and oxygen atoms in total. The van der Waals surface area contributed by atoms with Gasteiger partial charge in [0.15, 0.2) is 17.3 Å². The summed E-state index contributed by atoms with van der Waals surface area (Å²) >= 11 is 0. The molecule has 0 aliphatic heterocycles. The van der Waals surface area contributed by atoms with Crippen molar-refractivity contribution in [2.75, 3.05) is 7.11 Å². The molecule has 0 fully saturated rings. The summed E-state index contributed by atoms with van der Waals surface area (Å²) in [7, 11) is 1.32. The number of halogens is 1. The largest absolute Gasteiger partial charge is 0.494 e. The Morgan fingerprint density at radius 1 is 1.55 bits per heavy atom. The molecule has 20 heavy (non-hydrogen) atoms. The lowest BCUT2D eigenvalue weighted by atomic mass is 10.1. The van der Waals surface area contributed by atoms with Gasteiger partial charge in [-0.1, -0.05) is 0 Å². The summed E-state index contributed by atoms with van der Waals surface area (Å²) in [6.07, 6.45) is 2.31. The van der Waals surface area contributed by atoms with Crippen LogP contribution in [0.4, 0.5) is 10.2 Å². The molecule has 0 saturated carbocycles. The normalized spacial score (nSPS) is 10.3. The summed E-state index contributed by atoms with van der Waals surface area (Å²) in [5, 5.41) is 10.5. The first kappa shape index (κ1) is 13.7. The Bertz CT molecular complexity index is 668. The monoisotopic (exact) mass is 279 g/mol. The van der Waals surface area contributed by atoms with E-state index in [9.17, 15) is 19.3 Å². The summed E-state index contributed by atoms with van der Waals surface area (Å²) < 4.78 is 19.5. The maximum Gasteiger partial charge on any atom is 0.381 e. The Balaban J connectivity index is 2.15. The van der Waals surface area contributed by atoms with Gasteiger partial charge in [-0.15, -0.1) is 0 Å². The van der Waals surface area contributed by atoms with Crippen LogP contribution in [0.5, 0.6) is 5.75 Å². The van der Waals surface area contributed by atoms with Crippen molar-refractivity contribution in [2.24, 2.45) is 0 Å². The van der Waals surface area contributed by atoms with Gasteiger partial charge >= 0.3 is 5.82 Å². The number of rotatable bonds is 5. The number of aromatic nitrogens is 2. The summed E-state index contributed by atoms with van der Waals surface area (Å²) in [5.41, 5.74) is 0.152. The van der Waals surface area contributed by atoms with Crippen LogP contribution < -0.4 is 4.74 Å². The fourth-order valence-corrected chi connectivity index (χ4v) is 1.63. The molecular formula is C12H10FN3O4. The third-order valence-corrected chi connectivity index (χ3v) is 2.61. The highest BCUT2D eigenvalue weighted by Gasteiger charge is 2.14.